The normalized spacial score (nSPS) is 11.8. The van der Waals surface area contributed by atoms with Crippen LogP contribution in [0.5, 0.6) is 0 Å². The topological polar surface area (TPSA) is 43.6 Å². The fraction of sp³-hybridized carbons (Fsp3) is 0. The van der Waals surface area contributed by atoms with E-state index in [1.54, 1.807) is 0 Å². The van der Waals surface area contributed by atoms with Gasteiger partial charge in [-0.3, -0.25) is 0 Å². The lowest BCUT2D eigenvalue weighted by molar-refractivity contribution is 1.07. The van der Waals surface area contributed by atoms with Crippen molar-refractivity contribution in [1.82, 2.24) is 19.5 Å². The number of benzene rings is 9. The Labute approximate surface area is 305 Å². The molecule has 4 nitrogen and oxygen atoms in total. The van der Waals surface area contributed by atoms with Gasteiger partial charge in [-0.2, -0.15) is 0 Å². The molecule has 4 heteroatoms. The molecule has 0 unspecified atom stereocenters. The van der Waals surface area contributed by atoms with Crippen molar-refractivity contribution in [1.29, 1.82) is 0 Å². The number of para-hydroxylation sites is 1. The summed E-state index contributed by atoms with van der Waals surface area (Å²) in [5.41, 5.74) is 6.22. The van der Waals surface area contributed by atoms with Gasteiger partial charge >= 0.3 is 0 Å². The van der Waals surface area contributed by atoms with Gasteiger partial charge in [0.1, 0.15) is 0 Å². The van der Waals surface area contributed by atoms with Crippen LogP contribution in [0.3, 0.4) is 0 Å². The Morgan fingerprint density at radius 1 is 0.302 bits per heavy atom. The zero-order valence-corrected chi connectivity index (χ0v) is 28.6. The number of nitrogens with zero attached hydrogens (tertiary/aromatic N) is 4. The molecule has 2 heterocycles. The molecule has 0 aliphatic heterocycles. The van der Waals surface area contributed by atoms with Crippen molar-refractivity contribution in [2.75, 3.05) is 0 Å². The van der Waals surface area contributed by atoms with Crippen LogP contribution >= 0.6 is 0 Å². The van der Waals surface area contributed by atoms with Gasteiger partial charge in [-0.15, -0.1) is 0 Å². The van der Waals surface area contributed by atoms with E-state index in [1.165, 1.54) is 59.4 Å². The van der Waals surface area contributed by atoms with Crippen LogP contribution in [0.15, 0.2) is 182 Å². The molecule has 2 aromatic heterocycles. The second-order valence-corrected chi connectivity index (χ2v) is 13.6. The summed E-state index contributed by atoms with van der Waals surface area (Å²) < 4.78 is 2.38. The SMILES string of the molecule is c1ccc(-c2nc(-c3cccc(-n4c5ccccc5c5ccc6ccccc6c54)c3)nc(-c3ccc4ccc5c6ccccc6ccc5c4c3)n2)cc1. The largest absolute Gasteiger partial charge is 0.309 e. The molecule has 11 aromatic rings. The average Bonchev–Trinajstić information content (AvgIpc) is 3.58. The first-order chi connectivity index (χ1) is 26.3. The molecule has 246 valence electrons. The second-order valence-electron chi connectivity index (χ2n) is 13.6. The molecule has 9 aromatic carbocycles. The lowest BCUT2D eigenvalue weighted by atomic mass is 9.96. The smallest absolute Gasteiger partial charge is 0.164 e. The molecule has 0 fully saturated rings. The van der Waals surface area contributed by atoms with E-state index in [0.717, 1.165) is 27.9 Å². The molecule has 0 atom stereocenters. The number of fused-ring (bicyclic) bond motifs is 10. The van der Waals surface area contributed by atoms with Crippen LogP contribution in [0, 0.1) is 0 Å². The fourth-order valence-corrected chi connectivity index (χ4v) is 8.09. The van der Waals surface area contributed by atoms with Gasteiger partial charge in [0.15, 0.2) is 17.5 Å². The first-order valence-corrected chi connectivity index (χ1v) is 17.9. The highest BCUT2D eigenvalue weighted by Gasteiger charge is 2.18. The molecule has 0 radical (unpaired) electrons. The van der Waals surface area contributed by atoms with Crippen molar-refractivity contribution in [3.05, 3.63) is 182 Å². The molecule has 0 aliphatic carbocycles. The van der Waals surface area contributed by atoms with Crippen molar-refractivity contribution in [3.8, 4) is 39.9 Å². The van der Waals surface area contributed by atoms with Crippen molar-refractivity contribution in [2.24, 2.45) is 0 Å². The predicted molar refractivity (Wildman–Crippen MR) is 220 cm³/mol. The Bertz CT molecular complexity index is 3230. The van der Waals surface area contributed by atoms with Crippen LogP contribution in [0.25, 0.3) is 105 Å². The van der Waals surface area contributed by atoms with Crippen molar-refractivity contribution in [3.63, 3.8) is 0 Å². The minimum atomic E-state index is 0.630. The lowest BCUT2D eigenvalue weighted by Gasteiger charge is -2.13. The van der Waals surface area contributed by atoms with E-state index < -0.39 is 0 Å². The third kappa shape index (κ3) is 4.73. The molecule has 0 bridgehead atoms. The zero-order valence-electron chi connectivity index (χ0n) is 28.6. The summed E-state index contributed by atoms with van der Waals surface area (Å²) in [4.78, 5) is 15.4. The summed E-state index contributed by atoms with van der Waals surface area (Å²) in [5.74, 6) is 1.91. The Hall–Kier alpha value is -7.17. The highest BCUT2D eigenvalue weighted by molar-refractivity contribution is 6.19. The molecule has 0 saturated carbocycles. The van der Waals surface area contributed by atoms with E-state index in [4.69, 9.17) is 15.0 Å². The van der Waals surface area contributed by atoms with Crippen molar-refractivity contribution >= 4 is 64.9 Å². The summed E-state index contributed by atoms with van der Waals surface area (Å²) in [6.45, 7) is 0. The Morgan fingerprint density at radius 2 is 0.830 bits per heavy atom. The maximum Gasteiger partial charge on any atom is 0.164 e. The van der Waals surface area contributed by atoms with Gasteiger partial charge in [0, 0.05) is 38.5 Å². The predicted octanol–water partition coefficient (Wildman–Crippen LogP) is 12.6. The fourth-order valence-electron chi connectivity index (χ4n) is 8.09. The van der Waals surface area contributed by atoms with Gasteiger partial charge in [0.25, 0.3) is 0 Å². The number of hydrogen-bond donors (Lipinski definition) is 0. The quantitative estimate of drug-likeness (QED) is 0.175. The van der Waals surface area contributed by atoms with E-state index in [-0.39, 0.29) is 0 Å². The van der Waals surface area contributed by atoms with Gasteiger partial charge in [0.2, 0.25) is 0 Å². The van der Waals surface area contributed by atoms with Crippen LogP contribution in [0.1, 0.15) is 0 Å². The van der Waals surface area contributed by atoms with Crippen LogP contribution in [0.4, 0.5) is 0 Å². The summed E-state index contributed by atoms with van der Waals surface area (Å²) in [7, 11) is 0. The van der Waals surface area contributed by atoms with Crippen LogP contribution in [-0.2, 0) is 0 Å². The van der Waals surface area contributed by atoms with Gasteiger partial charge in [-0.25, -0.2) is 15.0 Å². The molecule has 0 saturated heterocycles. The minimum absolute atomic E-state index is 0.630. The number of rotatable bonds is 4. The highest BCUT2D eigenvalue weighted by Crippen LogP contribution is 2.38. The summed E-state index contributed by atoms with van der Waals surface area (Å²) in [6, 6.07) is 64.5. The maximum absolute atomic E-state index is 5.20. The van der Waals surface area contributed by atoms with Crippen molar-refractivity contribution in [2.45, 2.75) is 0 Å². The van der Waals surface area contributed by atoms with E-state index in [9.17, 15) is 0 Å². The third-order valence-corrected chi connectivity index (χ3v) is 10.6. The Balaban J connectivity index is 1.12. The highest BCUT2D eigenvalue weighted by atomic mass is 15.0. The first kappa shape index (κ1) is 29.5. The minimum Gasteiger partial charge on any atom is -0.309 e. The van der Waals surface area contributed by atoms with E-state index in [2.05, 4.69) is 168 Å². The zero-order chi connectivity index (χ0) is 34.9. The standard InChI is InChI=1S/C49H30N4/c1-2-13-34(14-3-1)47-50-48(52-49(51-47)36-22-21-33-24-26-40-38-17-6-4-11-31(38)23-27-41(40)44(33)30-36)35-15-10-16-37(29-35)53-45-20-9-8-19-42(45)43-28-25-32-12-5-7-18-39(32)46(43)53/h1-30H. The third-order valence-electron chi connectivity index (χ3n) is 10.6. The molecule has 11 rings (SSSR count). The Morgan fingerprint density at radius 3 is 1.60 bits per heavy atom. The monoisotopic (exact) mass is 674 g/mol. The summed E-state index contributed by atoms with van der Waals surface area (Å²) >= 11 is 0. The molecular weight excluding hydrogens is 645 g/mol. The molecule has 0 N–H and O–H groups in total. The first-order valence-electron chi connectivity index (χ1n) is 17.9. The molecular formula is C49H30N4. The average molecular weight is 675 g/mol. The summed E-state index contributed by atoms with van der Waals surface area (Å²) in [5, 5.41) is 12.2. The Kier molecular flexibility index (Phi) is 6.52. The van der Waals surface area contributed by atoms with Crippen LogP contribution in [-0.4, -0.2) is 19.5 Å². The number of aromatic nitrogens is 4. The molecule has 53 heavy (non-hydrogen) atoms. The summed E-state index contributed by atoms with van der Waals surface area (Å²) in [6.07, 6.45) is 0. The van der Waals surface area contributed by atoms with Gasteiger partial charge in [-0.05, 0) is 62.0 Å². The van der Waals surface area contributed by atoms with Gasteiger partial charge < -0.3 is 4.57 Å². The van der Waals surface area contributed by atoms with Crippen molar-refractivity contribution < 1.29 is 0 Å². The van der Waals surface area contributed by atoms with Crippen LogP contribution in [0.2, 0.25) is 0 Å². The van der Waals surface area contributed by atoms with Gasteiger partial charge in [-0.1, -0.05) is 158 Å². The molecule has 0 spiro atoms. The second kappa shape index (κ2) is 11.7. The van der Waals surface area contributed by atoms with E-state index in [1.807, 2.05) is 18.2 Å². The lowest BCUT2D eigenvalue weighted by Crippen LogP contribution is -2.01. The maximum atomic E-state index is 5.20. The van der Waals surface area contributed by atoms with Crippen LogP contribution < -0.4 is 0 Å². The molecule has 0 amide bonds. The van der Waals surface area contributed by atoms with Gasteiger partial charge in [0.05, 0.1) is 11.0 Å². The van der Waals surface area contributed by atoms with E-state index in [0.29, 0.717) is 17.5 Å². The molecule has 0 aliphatic rings. The number of hydrogen-bond acceptors (Lipinski definition) is 3. The van der Waals surface area contributed by atoms with E-state index >= 15 is 0 Å².